The molecular weight excluding hydrogens is 310 g/mol. The Morgan fingerprint density at radius 2 is 2.18 bits per heavy atom. The second-order valence-electron chi connectivity index (χ2n) is 5.03. The Hall–Kier alpha value is -2.15. The lowest BCUT2D eigenvalue weighted by Crippen LogP contribution is -2.45. The Balaban J connectivity index is 1.85. The lowest BCUT2D eigenvalue weighted by atomic mass is 9.97. The monoisotopic (exact) mass is 325 g/mol. The summed E-state index contributed by atoms with van der Waals surface area (Å²) < 4.78 is 4.95. The number of halogens is 1. The molecule has 1 aliphatic rings. The van der Waals surface area contributed by atoms with Crippen LogP contribution in [0.3, 0.4) is 0 Å². The third kappa shape index (κ3) is 4.17. The van der Waals surface area contributed by atoms with Gasteiger partial charge in [-0.1, -0.05) is 11.6 Å². The van der Waals surface area contributed by atoms with Crippen LogP contribution in [0.15, 0.2) is 18.3 Å². The van der Waals surface area contributed by atoms with Crippen molar-refractivity contribution in [3.63, 3.8) is 0 Å². The van der Waals surface area contributed by atoms with Crippen LogP contribution in [0.25, 0.3) is 0 Å². The predicted molar refractivity (Wildman–Crippen MR) is 78.0 cm³/mol. The van der Waals surface area contributed by atoms with Crippen LogP contribution < -0.4 is 5.73 Å². The summed E-state index contributed by atoms with van der Waals surface area (Å²) in [6, 6.07) is 2.92. The van der Waals surface area contributed by atoms with Crippen molar-refractivity contribution in [1.29, 1.82) is 0 Å². The molecular formula is C14H16ClN3O4. The fourth-order valence-corrected chi connectivity index (χ4v) is 2.35. The zero-order valence-electron chi connectivity index (χ0n) is 11.8. The summed E-state index contributed by atoms with van der Waals surface area (Å²) in [6.45, 7) is 0.420. The quantitative estimate of drug-likeness (QED) is 0.645. The summed E-state index contributed by atoms with van der Waals surface area (Å²) in [7, 11) is 0. The number of rotatable bonds is 4. The third-order valence-electron chi connectivity index (χ3n) is 3.47. The van der Waals surface area contributed by atoms with Crippen molar-refractivity contribution in [2.24, 2.45) is 11.7 Å². The number of hydrogen-bond donors (Lipinski definition) is 1. The first-order valence-corrected chi connectivity index (χ1v) is 7.21. The molecule has 1 aromatic heterocycles. The number of likely N-dealkylation sites (tertiary alicyclic amines) is 1. The standard InChI is InChI=1S/C14H16ClN3O4/c15-11-4-3-9(6-17-11)14(21)22-8-12(19)18-5-1-2-10(7-18)13(16)20/h3-4,6,10H,1-2,5,7-8H2,(H2,16,20)/t10-/m1/s1. The number of carbonyl (C=O) groups excluding carboxylic acids is 3. The van der Waals surface area contributed by atoms with Crippen LogP contribution in [0, 0.1) is 5.92 Å². The van der Waals surface area contributed by atoms with Crippen LogP contribution in [0.1, 0.15) is 23.2 Å². The van der Waals surface area contributed by atoms with E-state index in [1.165, 1.54) is 23.2 Å². The molecule has 0 bridgehead atoms. The minimum Gasteiger partial charge on any atom is -0.452 e. The summed E-state index contributed by atoms with van der Waals surface area (Å²) in [5.41, 5.74) is 5.47. The first-order chi connectivity index (χ1) is 10.5. The highest BCUT2D eigenvalue weighted by Gasteiger charge is 2.27. The van der Waals surface area contributed by atoms with Crippen LogP contribution in [0.4, 0.5) is 0 Å². The van der Waals surface area contributed by atoms with Crippen LogP contribution in [0.2, 0.25) is 5.15 Å². The Morgan fingerprint density at radius 1 is 1.41 bits per heavy atom. The van der Waals surface area contributed by atoms with Crippen molar-refractivity contribution in [2.75, 3.05) is 19.7 Å². The minimum absolute atomic E-state index is 0.214. The van der Waals surface area contributed by atoms with E-state index in [4.69, 9.17) is 22.1 Å². The van der Waals surface area contributed by atoms with E-state index in [1.54, 1.807) is 0 Å². The van der Waals surface area contributed by atoms with Crippen LogP contribution >= 0.6 is 11.6 Å². The number of aromatic nitrogens is 1. The van der Waals surface area contributed by atoms with Gasteiger partial charge in [-0.3, -0.25) is 9.59 Å². The first-order valence-electron chi connectivity index (χ1n) is 6.83. The smallest absolute Gasteiger partial charge is 0.340 e. The number of nitrogens with two attached hydrogens (primary N) is 1. The van der Waals surface area contributed by atoms with Gasteiger partial charge in [0.15, 0.2) is 6.61 Å². The van der Waals surface area contributed by atoms with E-state index >= 15 is 0 Å². The van der Waals surface area contributed by atoms with Crippen LogP contribution in [0.5, 0.6) is 0 Å². The molecule has 1 atom stereocenters. The zero-order valence-corrected chi connectivity index (χ0v) is 12.6. The molecule has 22 heavy (non-hydrogen) atoms. The molecule has 2 heterocycles. The average Bonchev–Trinajstić information content (AvgIpc) is 2.53. The summed E-state index contributed by atoms with van der Waals surface area (Å²) >= 11 is 5.62. The van der Waals surface area contributed by atoms with Gasteiger partial charge in [-0.2, -0.15) is 0 Å². The molecule has 0 saturated carbocycles. The van der Waals surface area contributed by atoms with E-state index in [0.717, 1.165) is 0 Å². The normalized spacial score (nSPS) is 17.9. The van der Waals surface area contributed by atoms with Crippen molar-refractivity contribution in [3.05, 3.63) is 29.0 Å². The number of primary amides is 1. The van der Waals surface area contributed by atoms with E-state index in [2.05, 4.69) is 4.98 Å². The van der Waals surface area contributed by atoms with E-state index in [9.17, 15) is 14.4 Å². The van der Waals surface area contributed by atoms with Gasteiger partial charge in [-0.15, -0.1) is 0 Å². The summed E-state index contributed by atoms with van der Waals surface area (Å²) in [4.78, 5) is 40.2. The van der Waals surface area contributed by atoms with Crippen LogP contribution in [-0.4, -0.2) is 47.4 Å². The molecule has 0 aromatic carbocycles. The fourth-order valence-electron chi connectivity index (χ4n) is 2.23. The zero-order chi connectivity index (χ0) is 16.1. The number of carbonyl (C=O) groups is 3. The van der Waals surface area contributed by atoms with Crippen molar-refractivity contribution in [2.45, 2.75) is 12.8 Å². The summed E-state index contributed by atoms with van der Waals surface area (Å²) in [5.74, 6) is -1.75. The molecule has 0 unspecified atom stereocenters. The molecule has 0 spiro atoms. The molecule has 8 heteroatoms. The number of pyridine rings is 1. The summed E-state index contributed by atoms with van der Waals surface area (Å²) in [6.07, 6.45) is 2.66. The van der Waals surface area contributed by atoms with Crippen molar-refractivity contribution in [1.82, 2.24) is 9.88 Å². The highest BCUT2D eigenvalue weighted by atomic mass is 35.5. The molecule has 0 radical (unpaired) electrons. The van der Waals surface area contributed by atoms with Gasteiger partial charge in [-0.05, 0) is 25.0 Å². The number of amides is 2. The Bertz CT molecular complexity index is 576. The number of hydrogen-bond acceptors (Lipinski definition) is 5. The van der Waals surface area contributed by atoms with E-state index in [1.807, 2.05) is 0 Å². The number of nitrogens with zero attached hydrogens (tertiary/aromatic N) is 2. The van der Waals surface area contributed by atoms with E-state index in [0.29, 0.717) is 19.4 Å². The average molecular weight is 326 g/mol. The van der Waals surface area contributed by atoms with Crippen molar-refractivity contribution >= 4 is 29.4 Å². The molecule has 1 saturated heterocycles. The van der Waals surface area contributed by atoms with Gasteiger partial charge in [0, 0.05) is 19.3 Å². The largest absolute Gasteiger partial charge is 0.452 e. The maximum atomic E-state index is 12.0. The second-order valence-corrected chi connectivity index (χ2v) is 5.41. The van der Waals surface area contributed by atoms with E-state index in [-0.39, 0.29) is 35.7 Å². The molecule has 2 rings (SSSR count). The SMILES string of the molecule is NC(=O)[C@@H]1CCCN(C(=O)COC(=O)c2ccc(Cl)nc2)C1. The number of esters is 1. The highest BCUT2D eigenvalue weighted by Crippen LogP contribution is 2.16. The lowest BCUT2D eigenvalue weighted by Gasteiger charge is -2.31. The molecule has 118 valence electrons. The van der Waals surface area contributed by atoms with Gasteiger partial charge in [0.05, 0.1) is 11.5 Å². The van der Waals surface area contributed by atoms with Gasteiger partial charge in [-0.25, -0.2) is 9.78 Å². The van der Waals surface area contributed by atoms with Gasteiger partial charge in [0.1, 0.15) is 5.15 Å². The number of ether oxygens (including phenoxy) is 1. The maximum Gasteiger partial charge on any atom is 0.340 e. The second kappa shape index (κ2) is 7.22. The van der Waals surface area contributed by atoms with E-state index < -0.39 is 11.9 Å². The minimum atomic E-state index is -0.652. The Morgan fingerprint density at radius 3 is 2.82 bits per heavy atom. The molecule has 0 aliphatic carbocycles. The van der Waals surface area contributed by atoms with Gasteiger partial charge in [0.2, 0.25) is 5.91 Å². The molecule has 1 fully saturated rings. The van der Waals surface area contributed by atoms with Gasteiger partial charge in [0.25, 0.3) is 5.91 Å². The summed E-state index contributed by atoms with van der Waals surface area (Å²) in [5, 5.41) is 0.262. The molecule has 2 amide bonds. The molecule has 7 nitrogen and oxygen atoms in total. The van der Waals surface area contributed by atoms with Crippen molar-refractivity contribution in [3.8, 4) is 0 Å². The Kier molecular flexibility index (Phi) is 5.32. The topological polar surface area (TPSA) is 103 Å². The number of piperidine rings is 1. The predicted octanol–water partition coefficient (Wildman–Crippen LogP) is 0.616. The van der Waals surface area contributed by atoms with Crippen LogP contribution in [-0.2, 0) is 14.3 Å². The highest BCUT2D eigenvalue weighted by molar-refractivity contribution is 6.29. The molecule has 2 N–H and O–H groups in total. The van der Waals surface area contributed by atoms with Gasteiger partial charge >= 0.3 is 5.97 Å². The van der Waals surface area contributed by atoms with Gasteiger partial charge < -0.3 is 15.4 Å². The maximum absolute atomic E-state index is 12.0. The molecule has 1 aromatic rings. The molecule has 1 aliphatic heterocycles. The fraction of sp³-hybridized carbons (Fsp3) is 0.429. The first kappa shape index (κ1) is 16.2. The lowest BCUT2D eigenvalue weighted by molar-refractivity contribution is -0.137. The Labute approximate surface area is 132 Å². The third-order valence-corrected chi connectivity index (χ3v) is 3.69. The van der Waals surface area contributed by atoms with Crippen molar-refractivity contribution < 1.29 is 19.1 Å².